The average Bonchev–Trinajstić information content (AvgIpc) is 2.10. The Morgan fingerprint density at radius 3 is 0.857 bits per heavy atom. The van der Waals surface area contributed by atoms with Gasteiger partial charge in [0.2, 0.25) is 0 Å². The molecule has 0 radical (unpaired) electrons. The van der Waals surface area contributed by atoms with Crippen LogP contribution in [0.1, 0.15) is 25.7 Å². The molecule has 8 N–H and O–H groups in total. The summed E-state index contributed by atoms with van der Waals surface area (Å²) in [6, 6.07) is 0. The fourth-order valence-electron chi connectivity index (χ4n) is 1.91. The van der Waals surface area contributed by atoms with Crippen LogP contribution >= 0.6 is 0 Å². The number of nitrogens with two attached hydrogens (primary N) is 2. The summed E-state index contributed by atoms with van der Waals surface area (Å²) in [5.74, 6) is -6.06. The summed E-state index contributed by atoms with van der Waals surface area (Å²) in [5.41, 5.74) is 6.88. The molecule has 0 aromatic rings. The minimum absolute atomic E-state index is 0. The Bertz CT molecular complexity index is 367. The number of carboxylic acids is 4. The van der Waals surface area contributed by atoms with Crippen LogP contribution in [0.2, 0.25) is 0 Å². The van der Waals surface area contributed by atoms with E-state index < -0.39 is 60.6 Å². The van der Waals surface area contributed by atoms with Crippen LogP contribution in [-0.4, -0.2) is 93.1 Å². The standard InChI is InChI=1S/C10H16N2O8.Ca.2H/c11-9(1-5(13)14,2-6(15)16)10(12,3-7(17)18)4-8(19)20;;;/h1-4,11-12H2,(H,13,14)(H,15,16)(H,17,18)(H,19,20);;;. The van der Waals surface area contributed by atoms with Crippen molar-refractivity contribution in [3.63, 3.8) is 0 Å². The van der Waals surface area contributed by atoms with Crippen molar-refractivity contribution >= 4 is 61.6 Å². The average molecular weight is 334 g/mol. The molecule has 118 valence electrons. The Morgan fingerprint density at radius 1 is 0.619 bits per heavy atom. The van der Waals surface area contributed by atoms with Gasteiger partial charge in [-0.2, -0.15) is 0 Å². The van der Waals surface area contributed by atoms with Crippen molar-refractivity contribution in [3.8, 4) is 0 Å². The van der Waals surface area contributed by atoms with Crippen LogP contribution in [0.15, 0.2) is 0 Å². The van der Waals surface area contributed by atoms with E-state index in [1.807, 2.05) is 0 Å². The van der Waals surface area contributed by atoms with Crippen LogP contribution in [0.5, 0.6) is 0 Å². The normalized spacial score (nSPS) is 11.3. The molecule has 10 nitrogen and oxygen atoms in total. The quantitative estimate of drug-likeness (QED) is 0.242. The number of hydrogen-bond acceptors (Lipinski definition) is 6. The van der Waals surface area contributed by atoms with Gasteiger partial charge in [-0.1, -0.05) is 0 Å². The summed E-state index contributed by atoms with van der Waals surface area (Å²) in [6.07, 6.45) is -3.90. The van der Waals surface area contributed by atoms with Crippen LogP contribution in [0, 0.1) is 0 Å². The van der Waals surface area contributed by atoms with Gasteiger partial charge in [-0.15, -0.1) is 0 Å². The van der Waals surface area contributed by atoms with Crippen molar-refractivity contribution in [2.75, 3.05) is 0 Å². The van der Waals surface area contributed by atoms with Crippen LogP contribution in [0.4, 0.5) is 0 Å². The zero-order chi connectivity index (χ0) is 16.1. The van der Waals surface area contributed by atoms with E-state index >= 15 is 0 Å². The van der Waals surface area contributed by atoms with Gasteiger partial charge >= 0.3 is 61.6 Å². The van der Waals surface area contributed by atoms with Crippen molar-refractivity contribution in [1.82, 2.24) is 0 Å². The van der Waals surface area contributed by atoms with Crippen molar-refractivity contribution in [2.45, 2.75) is 36.8 Å². The molecule has 0 unspecified atom stereocenters. The monoisotopic (exact) mass is 334 g/mol. The van der Waals surface area contributed by atoms with Gasteiger partial charge in [-0.25, -0.2) is 0 Å². The third-order valence-electron chi connectivity index (χ3n) is 2.86. The van der Waals surface area contributed by atoms with Crippen molar-refractivity contribution in [2.24, 2.45) is 11.5 Å². The van der Waals surface area contributed by atoms with E-state index in [0.717, 1.165) is 0 Å². The SMILES string of the molecule is NC(CC(=O)O)(CC(=O)O)C(N)(CC(=O)O)CC(=O)O.[CaH2]. The molecule has 21 heavy (non-hydrogen) atoms. The van der Waals surface area contributed by atoms with E-state index in [1.165, 1.54) is 0 Å². The molecule has 0 aromatic heterocycles. The summed E-state index contributed by atoms with van der Waals surface area (Å²) in [4.78, 5) is 43.2. The van der Waals surface area contributed by atoms with Crippen molar-refractivity contribution < 1.29 is 39.6 Å². The fraction of sp³-hybridized carbons (Fsp3) is 0.600. The maximum absolute atomic E-state index is 10.8. The van der Waals surface area contributed by atoms with Crippen LogP contribution in [-0.2, 0) is 19.2 Å². The molecule has 0 aromatic carbocycles. The molecule has 0 rings (SSSR count). The second-order valence-corrected chi connectivity index (χ2v) is 4.59. The maximum atomic E-state index is 10.8. The first kappa shape index (κ1) is 22.3. The molecule has 0 atom stereocenters. The van der Waals surface area contributed by atoms with E-state index in [2.05, 4.69) is 0 Å². The molecule has 0 fully saturated rings. The molecule has 0 spiro atoms. The number of carbonyl (C=O) groups is 4. The first-order valence-electron chi connectivity index (χ1n) is 5.37. The minimum atomic E-state index is -2.22. The van der Waals surface area contributed by atoms with E-state index in [1.54, 1.807) is 0 Å². The van der Waals surface area contributed by atoms with Gasteiger partial charge in [0.1, 0.15) is 0 Å². The summed E-state index contributed by atoms with van der Waals surface area (Å²) in [6.45, 7) is 0. The number of aliphatic carboxylic acids is 4. The number of hydrogen-bond donors (Lipinski definition) is 6. The second-order valence-electron chi connectivity index (χ2n) is 4.59. The Morgan fingerprint density at radius 2 is 0.762 bits per heavy atom. The Kier molecular flexibility index (Phi) is 9.03. The number of rotatable bonds is 9. The van der Waals surface area contributed by atoms with Crippen LogP contribution < -0.4 is 11.5 Å². The predicted molar refractivity (Wildman–Crippen MR) is 71.4 cm³/mol. The Labute approximate surface area is 149 Å². The first-order valence-corrected chi connectivity index (χ1v) is 5.37. The molecular formula is C10H18CaN2O8. The fourth-order valence-corrected chi connectivity index (χ4v) is 1.91. The molecule has 11 heteroatoms. The molecule has 0 aliphatic rings. The van der Waals surface area contributed by atoms with Gasteiger partial charge in [0.25, 0.3) is 0 Å². The summed E-state index contributed by atoms with van der Waals surface area (Å²) >= 11 is 0. The van der Waals surface area contributed by atoms with Crippen molar-refractivity contribution in [3.05, 3.63) is 0 Å². The van der Waals surface area contributed by atoms with Gasteiger partial charge in [0.15, 0.2) is 0 Å². The van der Waals surface area contributed by atoms with Crippen molar-refractivity contribution in [1.29, 1.82) is 0 Å². The molecular weight excluding hydrogens is 316 g/mol. The van der Waals surface area contributed by atoms with Crippen LogP contribution in [0.25, 0.3) is 0 Å². The molecule has 0 aliphatic carbocycles. The summed E-state index contributed by atoms with van der Waals surface area (Å²) in [7, 11) is 0. The molecule has 0 aliphatic heterocycles. The summed E-state index contributed by atoms with van der Waals surface area (Å²) < 4.78 is 0. The molecule has 0 heterocycles. The van der Waals surface area contributed by atoms with E-state index in [9.17, 15) is 19.2 Å². The molecule has 0 saturated heterocycles. The Balaban J connectivity index is 0. The Hall–Kier alpha value is -0.940. The topological polar surface area (TPSA) is 201 Å². The van der Waals surface area contributed by atoms with Crippen LogP contribution in [0.3, 0.4) is 0 Å². The summed E-state index contributed by atoms with van der Waals surface area (Å²) in [5, 5.41) is 35.1. The van der Waals surface area contributed by atoms with Gasteiger partial charge in [0.05, 0.1) is 36.8 Å². The molecule has 0 amide bonds. The zero-order valence-electron chi connectivity index (χ0n) is 10.4. The van der Waals surface area contributed by atoms with Gasteiger partial charge in [-0.3, -0.25) is 19.2 Å². The molecule has 0 bridgehead atoms. The third kappa shape index (κ3) is 7.05. The van der Waals surface area contributed by atoms with Gasteiger partial charge in [0, 0.05) is 0 Å². The predicted octanol–water partition coefficient (Wildman–Crippen LogP) is -2.64. The van der Waals surface area contributed by atoms with Gasteiger partial charge < -0.3 is 31.9 Å². The first-order chi connectivity index (χ1) is 8.92. The number of carboxylic acid groups (broad SMARTS) is 4. The van der Waals surface area contributed by atoms with E-state index in [4.69, 9.17) is 31.9 Å². The molecule has 0 saturated carbocycles. The zero-order valence-corrected chi connectivity index (χ0v) is 10.4. The third-order valence-corrected chi connectivity index (χ3v) is 2.86. The second kappa shape index (κ2) is 8.49. The van der Waals surface area contributed by atoms with Gasteiger partial charge in [-0.05, 0) is 0 Å². The van der Waals surface area contributed by atoms with E-state index in [-0.39, 0.29) is 37.7 Å². The van der Waals surface area contributed by atoms with E-state index in [0.29, 0.717) is 0 Å².